The summed E-state index contributed by atoms with van der Waals surface area (Å²) in [6.45, 7) is 0. The van der Waals surface area contributed by atoms with Crippen molar-refractivity contribution in [2.24, 2.45) is 5.73 Å². The highest BCUT2D eigenvalue weighted by atomic mass is 35.5. The third-order valence-corrected chi connectivity index (χ3v) is 3.18. The Morgan fingerprint density at radius 3 is 2.56 bits per heavy atom. The third-order valence-electron chi connectivity index (χ3n) is 3.18. The van der Waals surface area contributed by atoms with Gasteiger partial charge >= 0.3 is 6.18 Å². The van der Waals surface area contributed by atoms with E-state index in [0.29, 0.717) is 18.4 Å². The first-order chi connectivity index (χ1) is 7.89. The molecule has 2 unspecified atom stereocenters. The molecule has 0 aliphatic heterocycles. The Labute approximate surface area is 109 Å². The summed E-state index contributed by atoms with van der Waals surface area (Å²) in [5.41, 5.74) is 6.08. The van der Waals surface area contributed by atoms with Crippen LogP contribution in [0.1, 0.15) is 35.6 Å². The number of nitrogens with two attached hydrogens (primary N) is 1. The van der Waals surface area contributed by atoms with Crippen molar-refractivity contribution in [3.63, 3.8) is 0 Å². The van der Waals surface area contributed by atoms with E-state index in [4.69, 9.17) is 5.73 Å². The minimum atomic E-state index is -4.38. The standard InChI is InChI=1S/C12H14F3NO.ClH/c13-12(14,15)8-5-4-7-2-1-3-10(16)11(17)9(7)6-8;/h4-6,10-11,17H,1-3,16H2;1H. The second-order valence-corrected chi connectivity index (χ2v) is 4.41. The van der Waals surface area contributed by atoms with E-state index in [0.717, 1.165) is 24.1 Å². The maximum Gasteiger partial charge on any atom is 0.416 e. The summed E-state index contributed by atoms with van der Waals surface area (Å²) in [5.74, 6) is 0. The summed E-state index contributed by atoms with van der Waals surface area (Å²) in [4.78, 5) is 0. The average molecular weight is 282 g/mol. The van der Waals surface area contributed by atoms with Crippen LogP contribution in [0.3, 0.4) is 0 Å². The summed E-state index contributed by atoms with van der Waals surface area (Å²) in [6, 6.07) is 3.03. The fraction of sp³-hybridized carbons (Fsp3) is 0.500. The van der Waals surface area contributed by atoms with Crippen LogP contribution in [-0.2, 0) is 12.6 Å². The van der Waals surface area contributed by atoms with Gasteiger partial charge in [0.05, 0.1) is 11.7 Å². The molecule has 0 saturated heterocycles. The zero-order chi connectivity index (χ0) is 12.6. The van der Waals surface area contributed by atoms with Crippen LogP contribution in [0.4, 0.5) is 13.2 Å². The van der Waals surface area contributed by atoms with Gasteiger partial charge in [-0.05, 0) is 42.5 Å². The molecule has 2 rings (SSSR count). The Kier molecular flexibility index (Phi) is 4.64. The molecule has 2 nitrogen and oxygen atoms in total. The normalized spacial score (nSPS) is 23.8. The van der Waals surface area contributed by atoms with Gasteiger partial charge in [-0.3, -0.25) is 0 Å². The van der Waals surface area contributed by atoms with Crippen LogP contribution in [0.2, 0.25) is 0 Å². The van der Waals surface area contributed by atoms with E-state index in [9.17, 15) is 18.3 Å². The van der Waals surface area contributed by atoms with E-state index in [1.165, 1.54) is 6.07 Å². The first kappa shape index (κ1) is 15.3. The summed E-state index contributed by atoms with van der Waals surface area (Å²) >= 11 is 0. The SMILES string of the molecule is Cl.NC1CCCc2ccc(C(F)(F)F)cc2C1O. The van der Waals surface area contributed by atoms with Crippen LogP contribution in [-0.4, -0.2) is 11.1 Å². The predicted octanol–water partition coefficient (Wildman–Crippen LogP) is 2.82. The molecule has 1 aromatic carbocycles. The van der Waals surface area contributed by atoms with Crippen molar-refractivity contribution in [3.8, 4) is 0 Å². The smallest absolute Gasteiger partial charge is 0.387 e. The molecule has 0 radical (unpaired) electrons. The van der Waals surface area contributed by atoms with Crippen LogP contribution in [0.5, 0.6) is 0 Å². The number of rotatable bonds is 0. The van der Waals surface area contributed by atoms with E-state index in [1.807, 2.05) is 0 Å². The fourth-order valence-electron chi connectivity index (χ4n) is 2.19. The van der Waals surface area contributed by atoms with E-state index in [2.05, 4.69) is 0 Å². The molecule has 2 atom stereocenters. The van der Waals surface area contributed by atoms with Crippen LogP contribution in [0.25, 0.3) is 0 Å². The zero-order valence-corrected chi connectivity index (χ0v) is 10.4. The van der Waals surface area contributed by atoms with Gasteiger partial charge in [0.2, 0.25) is 0 Å². The largest absolute Gasteiger partial charge is 0.416 e. The lowest BCUT2D eigenvalue weighted by molar-refractivity contribution is -0.137. The molecule has 0 spiro atoms. The summed E-state index contributed by atoms with van der Waals surface area (Å²) < 4.78 is 37.7. The van der Waals surface area contributed by atoms with Crippen molar-refractivity contribution in [1.82, 2.24) is 0 Å². The molecule has 6 heteroatoms. The van der Waals surface area contributed by atoms with Crippen LogP contribution in [0.15, 0.2) is 18.2 Å². The van der Waals surface area contributed by atoms with Crippen molar-refractivity contribution in [3.05, 3.63) is 34.9 Å². The van der Waals surface area contributed by atoms with Gasteiger partial charge in [0.15, 0.2) is 0 Å². The van der Waals surface area contributed by atoms with Crippen molar-refractivity contribution in [2.75, 3.05) is 0 Å². The monoisotopic (exact) mass is 281 g/mol. The maximum absolute atomic E-state index is 12.6. The van der Waals surface area contributed by atoms with E-state index in [-0.39, 0.29) is 12.4 Å². The number of alkyl halides is 3. The van der Waals surface area contributed by atoms with Crippen molar-refractivity contribution in [1.29, 1.82) is 0 Å². The Morgan fingerprint density at radius 2 is 1.94 bits per heavy atom. The molecular weight excluding hydrogens is 267 g/mol. The molecule has 0 heterocycles. The summed E-state index contributed by atoms with van der Waals surface area (Å²) in [7, 11) is 0. The first-order valence-electron chi connectivity index (χ1n) is 5.53. The lowest BCUT2D eigenvalue weighted by atomic mass is 9.96. The number of fused-ring (bicyclic) bond motifs is 1. The average Bonchev–Trinajstić information content (AvgIpc) is 2.39. The number of aliphatic hydroxyl groups excluding tert-OH is 1. The van der Waals surface area contributed by atoms with Crippen LogP contribution >= 0.6 is 12.4 Å². The van der Waals surface area contributed by atoms with Gasteiger partial charge in [0.25, 0.3) is 0 Å². The Balaban J connectivity index is 0.00000162. The summed E-state index contributed by atoms with van der Waals surface area (Å²) in [6.07, 6.45) is -3.31. The zero-order valence-electron chi connectivity index (χ0n) is 9.57. The Hall–Kier alpha value is -0.780. The van der Waals surface area contributed by atoms with Crippen molar-refractivity contribution in [2.45, 2.75) is 37.6 Å². The lowest BCUT2D eigenvalue weighted by Gasteiger charge is -2.19. The molecule has 1 aliphatic rings. The number of hydrogen-bond donors (Lipinski definition) is 2. The number of aryl methyl sites for hydroxylation is 1. The van der Waals surface area contributed by atoms with Gasteiger partial charge in [-0.15, -0.1) is 12.4 Å². The van der Waals surface area contributed by atoms with Crippen LogP contribution < -0.4 is 5.73 Å². The first-order valence-corrected chi connectivity index (χ1v) is 5.53. The number of aliphatic hydroxyl groups is 1. The number of benzene rings is 1. The van der Waals surface area contributed by atoms with E-state index in [1.54, 1.807) is 0 Å². The molecule has 1 aliphatic carbocycles. The molecule has 0 aromatic heterocycles. The van der Waals surface area contributed by atoms with Crippen molar-refractivity contribution >= 4 is 12.4 Å². The second-order valence-electron chi connectivity index (χ2n) is 4.41. The highest BCUT2D eigenvalue weighted by molar-refractivity contribution is 5.85. The predicted molar refractivity (Wildman–Crippen MR) is 64.6 cm³/mol. The van der Waals surface area contributed by atoms with Gasteiger partial charge in [-0.2, -0.15) is 13.2 Å². The van der Waals surface area contributed by atoms with Gasteiger partial charge in [0, 0.05) is 6.04 Å². The Morgan fingerprint density at radius 1 is 1.28 bits per heavy atom. The number of hydrogen-bond acceptors (Lipinski definition) is 2. The number of halogens is 4. The lowest BCUT2D eigenvalue weighted by Crippen LogP contribution is -2.27. The van der Waals surface area contributed by atoms with Crippen molar-refractivity contribution < 1.29 is 18.3 Å². The quantitative estimate of drug-likeness (QED) is 0.718. The fourth-order valence-corrected chi connectivity index (χ4v) is 2.19. The van der Waals surface area contributed by atoms with Gasteiger partial charge in [0.1, 0.15) is 0 Å². The molecule has 0 saturated carbocycles. The minimum Gasteiger partial charge on any atom is -0.387 e. The molecular formula is C12H15ClF3NO. The molecule has 18 heavy (non-hydrogen) atoms. The topological polar surface area (TPSA) is 46.2 Å². The maximum atomic E-state index is 12.6. The molecule has 0 bridgehead atoms. The highest BCUT2D eigenvalue weighted by Gasteiger charge is 2.33. The highest BCUT2D eigenvalue weighted by Crippen LogP contribution is 2.34. The van der Waals surface area contributed by atoms with Crippen LogP contribution in [0, 0.1) is 0 Å². The Bertz CT molecular complexity index is 422. The third kappa shape index (κ3) is 2.96. The molecule has 0 amide bonds. The van der Waals surface area contributed by atoms with E-state index < -0.39 is 23.9 Å². The molecule has 102 valence electrons. The van der Waals surface area contributed by atoms with E-state index >= 15 is 0 Å². The molecule has 1 aromatic rings. The van der Waals surface area contributed by atoms with Gasteiger partial charge in [-0.25, -0.2) is 0 Å². The van der Waals surface area contributed by atoms with Gasteiger partial charge < -0.3 is 10.8 Å². The molecule has 0 fully saturated rings. The second kappa shape index (κ2) is 5.47. The van der Waals surface area contributed by atoms with Gasteiger partial charge in [-0.1, -0.05) is 6.07 Å². The molecule has 3 N–H and O–H groups in total. The minimum absolute atomic E-state index is 0. The summed E-state index contributed by atoms with van der Waals surface area (Å²) in [5, 5.41) is 9.91.